The van der Waals surface area contributed by atoms with E-state index < -0.39 is 46.9 Å². The van der Waals surface area contributed by atoms with Crippen LogP contribution >= 0.6 is 27.5 Å². The molecule has 34 heavy (non-hydrogen) atoms. The summed E-state index contributed by atoms with van der Waals surface area (Å²) >= 11 is 9.45. The van der Waals surface area contributed by atoms with Gasteiger partial charge >= 0.3 is 0 Å². The fourth-order valence-corrected chi connectivity index (χ4v) is 5.93. The van der Waals surface area contributed by atoms with Gasteiger partial charge in [-0.2, -0.15) is 0 Å². The summed E-state index contributed by atoms with van der Waals surface area (Å²) in [4.78, 5) is 56.1. The van der Waals surface area contributed by atoms with Gasteiger partial charge < -0.3 is 4.74 Å². The molecule has 2 fully saturated rings. The summed E-state index contributed by atoms with van der Waals surface area (Å²) in [5, 5.41) is 0.483. The fraction of sp³-hybridized carbons (Fsp3) is 0.154. The molecule has 1 aliphatic carbocycles. The summed E-state index contributed by atoms with van der Waals surface area (Å²) in [5.41, 5.74) is -0.790. The van der Waals surface area contributed by atoms with Gasteiger partial charge in [-0.1, -0.05) is 60.1 Å². The molecule has 3 aliphatic rings. The molecule has 1 spiro atoms. The molecule has 2 heterocycles. The monoisotopic (exact) mass is 535 g/mol. The molecule has 2 amide bonds. The second-order valence-electron chi connectivity index (χ2n) is 8.50. The number of rotatable bonds is 2. The molecule has 0 radical (unpaired) electrons. The molecule has 0 N–H and O–H groups in total. The van der Waals surface area contributed by atoms with Crippen molar-refractivity contribution in [3.63, 3.8) is 0 Å². The molecule has 6 rings (SSSR count). The quantitative estimate of drug-likeness (QED) is 0.347. The molecule has 0 saturated carbocycles. The van der Waals surface area contributed by atoms with E-state index in [9.17, 15) is 19.2 Å². The van der Waals surface area contributed by atoms with E-state index in [0.29, 0.717) is 20.7 Å². The van der Waals surface area contributed by atoms with Crippen LogP contribution in [0.4, 0.5) is 5.69 Å². The number of carbonyl (C=O) groups is 4. The third kappa shape index (κ3) is 2.66. The normalized spacial score (nSPS) is 24.8. The second-order valence-corrected chi connectivity index (χ2v) is 9.79. The highest BCUT2D eigenvalue weighted by atomic mass is 79.9. The third-order valence-electron chi connectivity index (χ3n) is 6.81. The number of hydrogen-bond acceptors (Lipinski definition) is 5. The van der Waals surface area contributed by atoms with Crippen LogP contribution in [-0.2, 0) is 14.3 Å². The largest absolute Gasteiger partial charge is 0.349 e. The Morgan fingerprint density at radius 2 is 1.38 bits per heavy atom. The summed E-state index contributed by atoms with van der Waals surface area (Å²) in [5.74, 6) is -4.67. The Kier molecular flexibility index (Phi) is 4.68. The lowest BCUT2D eigenvalue weighted by molar-refractivity contribution is -0.127. The summed E-state index contributed by atoms with van der Waals surface area (Å²) in [6.07, 6.45) is -0.978. The van der Waals surface area contributed by atoms with Crippen molar-refractivity contribution in [1.29, 1.82) is 0 Å². The minimum absolute atomic E-state index is 0.197. The van der Waals surface area contributed by atoms with Gasteiger partial charge in [0.05, 0.1) is 23.6 Å². The first-order valence-corrected chi connectivity index (χ1v) is 11.8. The van der Waals surface area contributed by atoms with E-state index in [4.69, 9.17) is 16.3 Å². The topological polar surface area (TPSA) is 80.8 Å². The van der Waals surface area contributed by atoms with Gasteiger partial charge in [0.1, 0.15) is 0 Å². The van der Waals surface area contributed by atoms with Crippen molar-refractivity contribution in [3.8, 4) is 0 Å². The minimum atomic E-state index is -2.10. The number of para-hydroxylation sites is 1. The predicted octanol–water partition coefficient (Wildman–Crippen LogP) is 4.80. The van der Waals surface area contributed by atoms with Gasteiger partial charge in [-0.3, -0.25) is 19.2 Å². The highest BCUT2D eigenvalue weighted by molar-refractivity contribution is 9.10. The first-order valence-electron chi connectivity index (χ1n) is 10.6. The van der Waals surface area contributed by atoms with Crippen molar-refractivity contribution in [2.75, 3.05) is 4.90 Å². The highest BCUT2D eigenvalue weighted by Crippen LogP contribution is 2.58. The van der Waals surface area contributed by atoms with Crippen LogP contribution in [0.15, 0.2) is 77.3 Å². The zero-order valence-electron chi connectivity index (χ0n) is 17.4. The van der Waals surface area contributed by atoms with E-state index in [2.05, 4.69) is 15.9 Å². The SMILES string of the molecule is O=C1C2C(c3ccc(Cl)cc3)OC3(C(=O)c4ccccc4C3=O)C2C(=O)N1c1ccccc1Br. The number of nitrogens with zero attached hydrogens (tertiary/aromatic N) is 1. The van der Waals surface area contributed by atoms with Crippen molar-refractivity contribution in [3.05, 3.63) is 99.0 Å². The number of ether oxygens (including phenoxy) is 1. The molecule has 0 aromatic heterocycles. The Bertz CT molecular complexity index is 1380. The van der Waals surface area contributed by atoms with Gasteiger partial charge in [0.15, 0.2) is 0 Å². The maximum absolute atomic E-state index is 13.9. The molecule has 0 bridgehead atoms. The standard InChI is InChI=1S/C26H15BrClNO5/c27-17-7-3-4-8-18(17)29-24(32)19-20(25(29)33)26(34-21(19)13-9-11-14(28)12-10-13)22(30)15-5-1-2-6-16(15)23(26)31/h1-12,19-21H. The Hall–Kier alpha value is -3.13. The zero-order chi connectivity index (χ0) is 23.8. The summed E-state index contributed by atoms with van der Waals surface area (Å²) in [7, 11) is 0. The van der Waals surface area contributed by atoms with Crippen molar-refractivity contribution < 1.29 is 23.9 Å². The first-order chi connectivity index (χ1) is 16.4. The molecule has 2 aliphatic heterocycles. The van der Waals surface area contributed by atoms with E-state index in [1.165, 1.54) is 0 Å². The Balaban J connectivity index is 1.56. The maximum atomic E-state index is 13.9. The Labute approximate surface area is 207 Å². The average Bonchev–Trinajstić information content (AvgIpc) is 3.40. The number of carbonyl (C=O) groups excluding carboxylic acids is 4. The number of fused-ring (bicyclic) bond motifs is 3. The van der Waals surface area contributed by atoms with Gasteiger partial charge in [0.2, 0.25) is 29.0 Å². The van der Waals surface area contributed by atoms with Gasteiger partial charge in [-0.05, 0) is 45.8 Å². The number of anilines is 1. The molecular weight excluding hydrogens is 522 g/mol. The highest BCUT2D eigenvalue weighted by Gasteiger charge is 2.74. The first kappa shape index (κ1) is 21.4. The summed E-state index contributed by atoms with van der Waals surface area (Å²) < 4.78 is 6.79. The van der Waals surface area contributed by atoms with E-state index in [1.807, 2.05) is 0 Å². The van der Waals surface area contributed by atoms with Crippen LogP contribution in [0.3, 0.4) is 0 Å². The van der Waals surface area contributed by atoms with Crippen molar-refractivity contribution in [2.45, 2.75) is 11.7 Å². The van der Waals surface area contributed by atoms with Gasteiger partial charge in [-0.25, -0.2) is 4.90 Å². The van der Waals surface area contributed by atoms with Crippen LogP contribution in [0.2, 0.25) is 5.02 Å². The van der Waals surface area contributed by atoms with E-state index in [-0.39, 0.29) is 11.1 Å². The number of benzene rings is 3. The van der Waals surface area contributed by atoms with Gasteiger partial charge in [0.25, 0.3) is 0 Å². The zero-order valence-corrected chi connectivity index (χ0v) is 19.7. The van der Waals surface area contributed by atoms with Gasteiger partial charge in [0, 0.05) is 20.6 Å². The number of hydrogen-bond donors (Lipinski definition) is 0. The molecule has 3 atom stereocenters. The predicted molar refractivity (Wildman–Crippen MR) is 127 cm³/mol. The molecule has 168 valence electrons. The Morgan fingerprint density at radius 3 is 2.00 bits per heavy atom. The van der Waals surface area contributed by atoms with Crippen molar-refractivity contribution in [1.82, 2.24) is 0 Å². The lowest BCUT2D eigenvalue weighted by atomic mass is 9.77. The van der Waals surface area contributed by atoms with E-state index in [1.54, 1.807) is 72.8 Å². The molecule has 2 saturated heterocycles. The summed E-state index contributed by atoms with van der Waals surface area (Å²) in [6, 6.07) is 19.9. The van der Waals surface area contributed by atoms with Crippen LogP contribution in [0.1, 0.15) is 32.4 Å². The lowest BCUT2D eigenvalue weighted by Crippen LogP contribution is -2.51. The molecule has 6 nitrogen and oxygen atoms in total. The van der Waals surface area contributed by atoms with Crippen LogP contribution in [0, 0.1) is 11.8 Å². The number of imide groups is 1. The van der Waals surface area contributed by atoms with Crippen LogP contribution in [-0.4, -0.2) is 29.0 Å². The third-order valence-corrected chi connectivity index (χ3v) is 7.73. The lowest BCUT2D eigenvalue weighted by Gasteiger charge is -2.27. The minimum Gasteiger partial charge on any atom is -0.349 e. The van der Waals surface area contributed by atoms with E-state index >= 15 is 0 Å². The number of halogens is 2. The molecular formula is C26H15BrClNO5. The maximum Gasteiger partial charge on any atom is 0.241 e. The molecule has 3 unspecified atom stereocenters. The molecule has 3 aromatic rings. The number of ketones is 2. The number of amides is 2. The van der Waals surface area contributed by atoms with Crippen LogP contribution in [0.25, 0.3) is 0 Å². The fourth-order valence-electron chi connectivity index (χ4n) is 5.34. The Morgan fingerprint density at radius 1 is 0.794 bits per heavy atom. The van der Waals surface area contributed by atoms with E-state index in [0.717, 1.165) is 4.90 Å². The van der Waals surface area contributed by atoms with Crippen molar-refractivity contribution >= 4 is 56.6 Å². The summed E-state index contributed by atoms with van der Waals surface area (Å²) in [6.45, 7) is 0. The smallest absolute Gasteiger partial charge is 0.241 e. The van der Waals surface area contributed by atoms with Crippen molar-refractivity contribution in [2.24, 2.45) is 11.8 Å². The molecule has 3 aromatic carbocycles. The number of Topliss-reactive ketones (excluding diaryl/α,β-unsaturated/α-hetero) is 2. The molecule has 8 heteroatoms. The average molecular weight is 537 g/mol. The van der Waals surface area contributed by atoms with Crippen LogP contribution in [0.5, 0.6) is 0 Å². The second kappa shape index (κ2) is 7.43. The van der Waals surface area contributed by atoms with Gasteiger partial charge in [-0.15, -0.1) is 0 Å². The van der Waals surface area contributed by atoms with Crippen LogP contribution < -0.4 is 4.90 Å².